The standard InChI is InChI=1S/C14H18N2O6/c1-14(7-17)8-22-6-12(14)15-10-5-9(13(18)21-2)3-4-11(10)16(19)20/h3-5,12,15,17H,6-8H2,1-2H3/t12-,14-/m1/s1. The summed E-state index contributed by atoms with van der Waals surface area (Å²) in [6.45, 7) is 2.38. The molecule has 1 heterocycles. The summed E-state index contributed by atoms with van der Waals surface area (Å²) in [7, 11) is 1.24. The SMILES string of the molecule is COC(=O)c1ccc([N+](=O)[O-])c(N[C@@H]2COC[C@@]2(C)CO)c1. The molecule has 1 aliphatic rings. The summed E-state index contributed by atoms with van der Waals surface area (Å²) in [5.41, 5.74) is -0.294. The molecule has 0 amide bonds. The highest BCUT2D eigenvalue weighted by molar-refractivity contribution is 5.91. The zero-order valence-electron chi connectivity index (χ0n) is 12.4. The number of benzene rings is 1. The number of nitro benzene ring substituents is 1. The molecule has 0 unspecified atom stereocenters. The minimum atomic E-state index is -0.578. The Morgan fingerprint density at radius 3 is 2.95 bits per heavy atom. The van der Waals surface area contributed by atoms with Crippen molar-refractivity contribution in [1.82, 2.24) is 0 Å². The fourth-order valence-electron chi connectivity index (χ4n) is 2.33. The summed E-state index contributed by atoms with van der Waals surface area (Å²) in [6, 6.07) is 3.66. The van der Waals surface area contributed by atoms with Crippen LogP contribution in [0.5, 0.6) is 0 Å². The van der Waals surface area contributed by atoms with E-state index >= 15 is 0 Å². The van der Waals surface area contributed by atoms with Gasteiger partial charge in [-0.2, -0.15) is 0 Å². The van der Waals surface area contributed by atoms with E-state index in [9.17, 15) is 20.0 Å². The first-order valence-electron chi connectivity index (χ1n) is 6.73. The predicted octanol–water partition coefficient (Wildman–Crippen LogP) is 1.19. The van der Waals surface area contributed by atoms with Crippen LogP contribution in [0.1, 0.15) is 17.3 Å². The number of methoxy groups -OCH3 is 1. The lowest BCUT2D eigenvalue weighted by Gasteiger charge is -2.28. The third kappa shape index (κ3) is 3.02. The van der Waals surface area contributed by atoms with Crippen LogP contribution < -0.4 is 5.32 Å². The summed E-state index contributed by atoms with van der Waals surface area (Å²) < 4.78 is 9.97. The van der Waals surface area contributed by atoms with Crippen LogP contribution in [0.3, 0.4) is 0 Å². The molecule has 0 saturated carbocycles. The van der Waals surface area contributed by atoms with Crippen molar-refractivity contribution in [2.45, 2.75) is 13.0 Å². The van der Waals surface area contributed by atoms with E-state index in [1.54, 1.807) is 0 Å². The number of esters is 1. The van der Waals surface area contributed by atoms with Gasteiger partial charge in [-0.1, -0.05) is 6.92 Å². The molecule has 1 saturated heterocycles. The summed E-state index contributed by atoms with van der Waals surface area (Å²) in [5.74, 6) is -0.578. The van der Waals surface area contributed by atoms with E-state index in [0.717, 1.165) is 0 Å². The number of hydrogen-bond acceptors (Lipinski definition) is 7. The first kappa shape index (κ1) is 16.2. The Balaban J connectivity index is 2.35. The van der Waals surface area contributed by atoms with Crippen LogP contribution in [0.25, 0.3) is 0 Å². The Morgan fingerprint density at radius 2 is 2.36 bits per heavy atom. The maximum atomic E-state index is 11.6. The smallest absolute Gasteiger partial charge is 0.337 e. The van der Waals surface area contributed by atoms with Crippen molar-refractivity contribution in [1.29, 1.82) is 0 Å². The zero-order chi connectivity index (χ0) is 16.3. The fraction of sp³-hybridized carbons (Fsp3) is 0.500. The van der Waals surface area contributed by atoms with Crippen LogP contribution in [-0.4, -0.2) is 49.0 Å². The molecule has 0 aromatic heterocycles. The van der Waals surface area contributed by atoms with E-state index in [2.05, 4.69) is 10.1 Å². The lowest BCUT2D eigenvalue weighted by molar-refractivity contribution is -0.384. The molecule has 0 radical (unpaired) electrons. The zero-order valence-corrected chi connectivity index (χ0v) is 12.4. The van der Waals surface area contributed by atoms with Crippen molar-refractivity contribution in [3.63, 3.8) is 0 Å². The molecular weight excluding hydrogens is 292 g/mol. The number of aliphatic hydroxyl groups is 1. The average molecular weight is 310 g/mol. The van der Waals surface area contributed by atoms with Gasteiger partial charge in [0.1, 0.15) is 5.69 Å². The number of nitrogens with one attached hydrogen (secondary N) is 1. The van der Waals surface area contributed by atoms with Crippen LogP contribution in [0.2, 0.25) is 0 Å². The van der Waals surface area contributed by atoms with Crippen molar-refractivity contribution in [3.8, 4) is 0 Å². The summed E-state index contributed by atoms with van der Waals surface area (Å²) in [6.07, 6.45) is 0. The maximum absolute atomic E-state index is 11.6. The normalized spacial score (nSPS) is 24.0. The summed E-state index contributed by atoms with van der Waals surface area (Å²) >= 11 is 0. The van der Waals surface area contributed by atoms with Gasteiger partial charge < -0.3 is 19.9 Å². The fourth-order valence-corrected chi connectivity index (χ4v) is 2.33. The highest BCUT2D eigenvalue weighted by atomic mass is 16.6. The number of nitrogens with zero attached hydrogens (tertiary/aromatic N) is 1. The van der Waals surface area contributed by atoms with Gasteiger partial charge in [0.15, 0.2) is 0 Å². The lowest BCUT2D eigenvalue weighted by atomic mass is 9.86. The molecule has 2 atom stereocenters. The van der Waals surface area contributed by atoms with Gasteiger partial charge >= 0.3 is 5.97 Å². The predicted molar refractivity (Wildman–Crippen MR) is 77.9 cm³/mol. The second-order valence-electron chi connectivity index (χ2n) is 5.50. The first-order chi connectivity index (χ1) is 10.4. The number of rotatable bonds is 5. The molecule has 8 nitrogen and oxygen atoms in total. The Hall–Kier alpha value is -2.19. The quantitative estimate of drug-likeness (QED) is 0.477. The number of nitro groups is 1. The highest BCUT2D eigenvalue weighted by Gasteiger charge is 2.40. The molecule has 22 heavy (non-hydrogen) atoms. The molecule has 1 aromatic carbocycles. The summed E-state index contributed by atoms with van der Waals surface area (Å²) in [4.78, 5) is 22.2. The third-order valence-electron chi connectivity index (χ3n) is 3.86. The number of carbonyl (C=O) groups is 1. The molecule has 0 spiro atoms. The first-order valence-corrected chi connectivity index (χ1v) is 6.73. The lowest BCUT2D eigenvalue weighted by Crippen LogP contribution is -2.40. The molecule has 0 aliphatic carbocycles. The molecule has 1 fully saturated rings. The number of hydrogen-bond donors (Lipinski definition) is 2. The minimum Gasteiger partial charge on any atom is -0.465 e. The van der Waals surface area contributed by atoms with Crippen LogP contribution in [0, 0.1) is 15.5 Å². The average Bonchev–Trinajstić information content (AvgIpc) is 2.87. The van der Waals surface area contributed by atoms with Gasteiger partial charge in [0.2, 0.25) is 0 Å². The van der Waals surface area contributed by atoms with Gasteiger partial charge in [-0.3, -0.25) is 10.1 Å². The molecule has 0 bridgehead atoms. The van der Waals surface area contributed by atoms with E-state index in [1.165, 1.54) is 25.3 Å². The molecule has 120 valence electrons. The van der Waals surface area contributed by atoms with Gasteiger partial charge in [0, 0.05) is 11.5 Å². The van der Waals surface area contributed by atoms with Crippen molar-refractivity contribution in [2.75, 3.05) is 32.2 Å². The molecule has 1 aliphatic heterocycles. The number of anilines is 1. The van der Waals surface area contributed by atoms with E-state index in [-0.39, 0.29) is 29.6 Å². The van der Waals surface area contributed by atoms with Gasteiger partial charge in [0.25, 0.3) is 5.69 Å². The van der Waals surface area contributed by atoms with Crippen LogP contribution in [-0.2, 0) is 9.47 Å². The third-order valence-corrected chi connectivity index (χ3v) is 3.86. The molecule has 2 N–H and O–H groups in total. The van der Waals surface area contributed by atoms with Gasteiger partial charge in [-0.05, 0) is 12.1 Å². The second-order valence-corrected chi connectivity index (χ2v) is 5.50. The highest BCUT2D eigenvalue weighted by Crippen LogP contribution is 2.34. The molecular formula is C14H18N2O6. The summed E-state index contributed by atoms with van der Waals surface area (Å²) in [5, 5.41) is 23.7. The topological polar surface area (TPSA) is 111 Å². The van der Waals surface area contributed by atoms with Crippen molar-refractivity contribution in [3.05, 3.63) is 33.9 Å². The number of ether oxygens (including phenoxy) is 2. The Kier molecular flexibility index (Phi) is 4.62. The second kappa shape index (κ2) is 6.29. The van der Waals surface area contributed by atoms with Crippen LogP contribution >= 0.6 is 0 Å². The van der Waals surface area contributed by atoms with E-state index in [4.69, 9.17) is 4.74 Å². The number of carbonyl (C=O) groups excluding carboxylic acids is 1. The molecule has 8 heteroatoms. The van der Waals surface area contributed by atoms with Crippen molar-refractivity contribution >= 4 is 17.3 Å². The number of aliphatic hydroxyl groups excluding tert-OH is 1. The largest absolute Gasteiger partial charge is 0.465 e. The van der Waals surface area contributed by atoms with Gasteiger partial charge in [-0.25, -0.2) is 4.79 Å². The monoisotopic (exact) mass is 310 g/mol. The van der Waals surface area contributed by atoms with E-state index < -0.39 is 16.3 Å². The van der Waals surface area contributed by atoms with Gasteiger partial charge in [-0.15, -0.1) is 0 Å². The maximum Gasteiger partial charge on any atom is 0.337 e. The Bertz CT molecular complexity index is 591. The van der Waals surface area contributed by atoms with E-state index in [1.807, 2.05) is 6.92 Å². The van der Waals surface area contributed by atoms with Gasteiger partial charge in [0.05, 0.1) is 43.5 Å². The molecule has 2 rings (SSSR count). The van der Waals surface area contributed by atoms with Crippen molar-refractivity contribution < 1.29 is 24.3 Å². The van der Waals surface area contributed by atoms with Crippen LogP contribution in [0.4, 0.5) is 11.4 Å². The van der Waals surface area contributed by atoms with Crippen LogP contribution in [0.15, 0.2) is 18.2 Å². The van der Waals surface area contributed by atoms with E-state index in [0.29, 0.717) is 13.2 Å². The molecule has 1 aromatic rings. The van der Waals surface area contributed by atoms with Crippen molar-refractivity contribution in [2.24, 2.45) is 5.41 Å². The minimum absolute atomic E-state index is 0.116. The Labute approximate surface area is 127 Å². The Morgan fingerprint density at radius 1 is 1.64 bits per heavy atom.